The molecule has 0 unspecified atom stereocenters. The van der Waals surface area contributed by atoms with Gasteiger partial charge in [-0.15, -0.1) is 0 Å². The fourth-order valence-electron chi connectivity index (χ4n) is 3.77. The van der Waals surface area contributed by atoms with Crippen LogP contribution in [0.5, 0.6) is 0 Å². The van der Waals surface area contributed by atoms with E-state index in [4.69, 9.17) is 0 Å². The minimum atomic E-state index is -0.0614. The molecule has 0 aliphatic heterocycles. The Hall–Kier alpha value is -4.25. The molecule has 4 aromatic heterocycles. The van der Waals surface area contributed by atoms with E-state index in [9.17, 15) is 4.79 Å². The van der Waals surface area contributed by atoms with E-state index < -0.39 is 0 Å². The molecule has 4 aromatic rings. The molecule has 0 radical (unpaired) electrons. The molecule has 0 N–H and O–H groups in total. The van der Waals surface area contributed by atoms with Crippen LogP contribution in [-0.2, 0) is 4.79 Å². The van der Waals surface area contributed by atoms with Crippen LogP contribution in [0.3, 0.4) is 0 Å². The third kappa shape index (κ3) is 3.02. The summed E-state index contributed by atoms with van der Waals surface area (Å²) in [5, 5.41) is 0. The number of rotatable bonds is 4. The van der Waals surface area contributed by atoms with Gasteiger partial charge in [0.15, 0.2) is 5.78 Å². The van der Waals surface area contributed by atoms with Crippen LogP contribution in [0.15, 0.2) is 98.1 Å². The first-order valence-electron chi connectivity index (χ1n) is 9.50. The molecule has 0 saturated heterocycles. The Morgan fingerprint density at radius 2 is 0.733 bits per heavy atom. The van der Waals surface area contributed by atoms with Gasteiger partial charge in [-0.2, -0.15) is 0 Å². The third-order valence-corrected chi connectivity index (χ3v) is 5.00. The van der Waals surface area contributed by atoms with Gasteiger partial charge in [0.05, 0.1) is 0 Å². The molecule has 0 spiro atoms. The normalized spacial score (nSPS) is 13.8. The van der Waals surface area contributed by atoms with Crippen molar-refractivity contribution in [3.05, 3.63) is 120 Å². The van der Waals surface area contributed by atoms with Gasteiger partial charge in [0.1, 0.15) is 0 Å². The number of hydrogen-bond acceptors (Lipinski definition) is 5. The summed E-state index contributed by atoms with van der Waals surface area (Å²) >= 11 is 0. The van der Waals surface area contributed by atoms with Crippen LogP contribution in [0, 0.1) is 0 Å². The van der Waals surface area contributed by atoms with Crippen molar-refractivity contribution < 1.29 is 4.79 Å². The van der Waals surface area contributed by atoms with Crippen LogP contribution in [0.1, 0.15) is 22.3 Å². The maximum Gasteiger partial charge on any atom is 0.195 e. The van der Waals surface area contributed by atoms with Crippen LogP contribution in [0.4, 0.5) is 0 Å². The molecule has 30 heavy (non-hydrogen) atoms. The summed E-state index contributed by atoms with van der Waals surface area (Å²) in [5.74, 6) is -0.0614. The van der Waals surface area contributed by atoms with Gasteiger partial charge in [-0.1, -0.05) is 24.3 Å². The summed E-state index contributed by atoms with van der Waals surface area (Å²) in [6.45, 7) is 0. The number of carbonyl (C=O) groups excluding carboxylic acids is 1. The van der Waals surface area contributed by atoms with E-state index >= 15 is 0 Å². The van der Waals surface area contributed by atoms with Crippen molar-refractivity contribution in [1.82, 2.24) is 19.9 Å². The van der Waals surface area contributed by atoms with E-state index in [1.54, 1.807) is 49.6 Å². The number of carbonyl (C=O) groups is 1. The largest absolute Gasteiger partial charge is 0.289 e. The number of hydrogen-bond donors (Lipinski definition) is 0. The lowest BCUT2D eigenvalue weighted by atomic mass is 9.91. The van der Waals surface area contributed by atoms with Crippen molar-refractivity contribution in [2.24, 2.45) is 0 Å². The highest BCUT2D eigenvalue weighted by Crippen LogP contribution is 2.49. The van der Waals surface area contributed by atoms with Gasteiger partial charge < -0.3 is 0 Å². The zero-order valence-electron chi connectivity index (χ0n) is 15.9. The fraction of sp³-hybridized carbons (Fsp3) is 0. The predicted octanol–water partition coefficient (Wildman–Crippen LogP) is 4.37. The Morgan fingerprint density at radius 1 is 0.433 bits per heavy atom. The van der Waals surface area contributed by atoms with Crippen molar-refractivity contribution in [1.29, 1.82) is 0 Å². The van der Waals surface area contributed by atoms with Gasteiger partial charge in [-0.05, 0) is 24.3 Å². The molecule has 4 heterocycles. The summed E-state index contributed by atoms with van der Waals surface area (Å²) in [4.78, 5) is 30.9. The molecule has 142 valence electrons. The summed E-state index contributed by atoms with van der Waals surface area (Å²) in [6, 6.07) is 15.2. The molecule has 1 aliphatic carbocycles. The monoisotopic (exact) mass is 388 g/mol. The van der Waals surface area contributed by atoms with Gasteiger partial charge in [0, 0.05) is 94.1 Å². The molecule has 0 atom stereocenters. The minimum Gasteiger partial charge on any atom is -0.289 e. The van der Waals surface area contributed by atoms with E-state index in [2.05, 4.69) is 19.9 Å². The maximum absolute atomic E-state index is 13.9. The average Bonchev–Trinajstić information content (AvgIpc) is 3.14. The lowest BCUT2D eigenvalue weighted by Crippen LogP contribution is -2.02. The molecule has 0 amide bonds. The van der Waals surface area contributed by atoms with Crippen molar-refractivity contribution in [2.75, 3.05) is 0 Å². The second-order valence-electron chi connectivity index (χ2n) is 6.80. The number of nitrogens with zero attached hydrogens (tertiary/aromatic N) is 4. The van der Waals surface area contributed by atoms with Gasteiger partial charge in [-0.25, -0.2) is 0 Å². The lowest BCUT2D eigenvalue weighted by molar-refractivity contribution is -0.108. The minimum absolute atomic E-state index is 0.0614. The standard InChI is InChI=1S/C25H16N4O/c30-25-23(19-7-3-11-28-15-19)21(17-5-1-9-26-13-17)22(18-6-2-10-27-14-18)24(25)20-8-4-12-29-16-20/h1-16H. The predicted molar refractivity (Wildman–Crippen MR) is 116 cm³/mol. The van der Waals surface area contributed by atoms with Crippen molar-refractivity contribution in [3.8, 4) is 0 Å². The number of allylic oxidation sites excluding steroid dienone is 4. The van der Waals surface area contributed by atoms with E-state index in [0.717, 1.165) is 33.4 Å². The number of ketones is 1. The molecular formula is C25H16N4O. The van der Waals surface area contributed by atoms with Crippen LogP contribution >= 0.6 is 0 Å². The van der Waals surface area contributed by atoms with Gasteiger partial charge >= 0.3 is 0 Å². The SMILES string of the molecule is O=C1C(c2cccnc2)=C(c2cccnc2)C(c2cccnc2)=C1c1cccnc1. The van der Waals surface area contributed by atoms with E-state index in [-0.39, 0.29) is 5.78 Å². The highest BCUT2D eigenvalue weighted by molar-refractivity contribution is 6.59. The summed E-state index contributed by atoms with van der Waals surface area (Å²) in [7, 11) is 0. The average molecular weight is 388 g/mol. The molecule has 0 bridgehead atoms. The van der Waals surface area contributed by atoms with E-state index in [0.29, 0.717) is 11.1 Å². The topological polar surface area (TPSA) is 68.6 Å². The highest BCUT2D eigenvalue weighted by Gasteiger charge is 2.35. The van der Waals surface area contributed by atoms with Crippen LogP contribution < -0.4 is 0 Å². The van der Waals surface area contributed by atoms with Gasteiger partial charge in [0.2, 0.25) is 0 Å². The Balaban J connectivity index is 1.88. The zero-order chi connectivity index (χ0) is 20.3. The molecular weight excluding hydrogens is 372 g/mol. The first kappa shape index (κ1) is 17.8. The van der Waals surface area contributed by atoms with Crippen molar-refractivity contribution in [3.63, 3.8) is 0 Å². The van der Waals surface area contributed by atoms with E-state index in [1.807, 2.05) is 48.5 Å². The van der Waals surface area contributed by atoms with Gasteiger partial charge in [0.25, 0.3) is 0 Å². The molecule has 0 aromatic carbocycles. The Morgan fingerprint density at radius 3 is 1.00 bits per heavy atom. The molecule has 0 saturated carbocycles. The summed E-state index contributed by atoms with van der Waals surface area (Å²) in [5.41, 5.74) is 6.12. The van der Waals surface area contributed by atoms with Gasteiger partial charge in [-0.3, -0.25) is 24.7 Å². The molecule has 0 fully saturated rings. The first-order chi connectivity index (χ1) is 14.8. The highest BCUT2D eigenvalue weighted by atomic mass is 16.1. The Labute approximate surface area is 173 Å². The molecule has 5 rings (SSSR count). The third-order valence-electron chi connectivity index (χ3n) is 5.00. The number of aromatic nitrogens is 4. The second kappa shape index (κ2) is 7.64. The quantitative estimate of drug-likeness (QED) is 0.519. The molecule has 1 aliphatic rings. The van der Waals surface area contributed by atoms with Crippen molar-refractivity contribution in [2.45, 2.75) is 0 Å². The summed E-state index contributed by atoms with van der Waals surface area (Å²) in [6.07, 6.45) is 13.8. The van der Waals surface area contributed by atoms with Crippen LogP contribution in [-0.4, -0.2) is 25.7 Å². The Bertz CT molecular complexity index is 1170. The zero-order valence-corrected chi connectivity index (χ0v) is 15.9. The lowest BCUT2D eigenvalue weighted by Gasteiger charge is -2.12. The second-order valence-corrected chi connectivity index (χ2v) is 6.80. The van der Waals surface area contributed by atoms with Crippen LogP contribution in [0.25, 0.3) is 22.3 Å². The fourth-order valence-corrected chi connectivity index (χ4v) is 3.77. The van der Waals surface area contributed by atoms with E-state index in [1.165, 1.54) is 0 Å². The first-order valence-corrected chi connectivity index (χ1v) is 9.50. The Kier molecular flexibility index (Phi) is 4.54. The maximum atomic E-state index is 13.9. The number of pyridine rings is 4. The molecule has 5 nitrogen and oxygen atoms in total. The molecule has 5 heteroatoms. The smallest absolute Gasteiger partial charge is 0.195 e. The van der Waals surface area contributed by atoms with Crippen molar-refractivity contribution >= 4 is 28.1 Å². The summed E-state index contributed by atoms with van der Waals surface area (Å²) < 4.78 is 0. The van der Waals surface area contributed by atoms with Crippen LogP contribution in [0.2, 0.25) is 0 Å². The number of Topliss-reactive ketones (excluding diaryl/α,β-unsaturated/α-hetero) is 1.